The van der Waals surface area contributed by atoms with Crippen LogP contribution < -0.4 is 5.32 Å². The lowest BCUT2D eigenvalue weighted by Gasteiger charge is -2.16. The first-order chi connectivity index (χ1) is 9.24. The fourth-order valence-corrected chi connectivity index (χ4v) is 2.25. The number of nitrogens with zero attached hydrogens (tertiary/aromatic N) is 1. The second-order valence-corrected chi connectivity index (χ2v) is 4.60. The largest absolute Gasteiger partial charge is 0.377 e. The van der Waals surface area contributed by atoms with E-state index in [9.17, 15) is 4.79 Å². The highest BCUT2D eigenvalue weighted by Gasteiger charge is 2.35. The molecule has 0 aliphatic carbocycles. The fourth-order valence-electron chi connectivity index (χ4n) is 2.25. The molecule has 0 radical (unpaired) electrons. The van der Waals surface area contributed by atoms with E-state index >= 15 is 0 Å². The summed E-state index contributed by atoms with van der Waals surface area (Å²) in [4.78, 5) is 13.8. The van der Waals surface area contributed by atoms with Crippen molar-refractivity contribution >= 4 is 6.03 Å². The van der Waals surface area contributed by atoms with E-state index in [0.29, 0.717) is 19.6 Å². The second kappa shape index (κ2) is 6.54. The van der Waals surface area contributed by atoms with E-state index in [2.05, 4.69) is 5.32 Å². The van der Waals surface area contributed by atoms with E-state index in [1.165, 1.54) is 0 Å². The number of carbonyl (C=O) groups excluding carboxylic acids is 1. The third-order valence-corrected chi connectivity index (χ3v) is 3.39. The molecule has 1 N–H and O–H groups in total. The number of rotatable bonds is 4. The lowest BCUT2D eigenvalue weighted by atomic mass is 10.2. The van der Waals surface area contributed by atoms with E-state index in [-0.39, 0.29) is 18.2 Å². The Balaban J connectivity index is 1.84. The summed E-state index contributed by atoms with van der Waals surface area (Å²) in [5, 5.41) is 2.91. The molecular weight excluding hydrogens is 244 g/mol. The Morgan fingerprint density at radius 3 is 2.32 bits per heavy atom. The summed E-state index contributed by atoms with van der Waals surface area (Å²) >= 11 is 0. The van der Waals surface area contributed by atoms with Gasteiger partial charge in [-0.25, -0.2) is 4.79 Å². The summed E-state index contributed by atoms with van der Waals surface area (Å²) in [6, 6.07) is 9.77. The Morgan fingerprint density at radius 1 is 1.21 bits per heavy atom. The van der Waals surface area contributed by atoms with Crippen molar-refractivity contribution in [1.29, 1.82) is 0 Å². The van der Waals surface area contributed by atoms with Crippen molar-refractivity contribution in [3.8, 4) is 0 Å². The van der Waals surface area contributed by atoms with E-state index in [4.69, 9.17) is 9.47 Å². The topological polar surface area (TPSA) is 50.8 Å². The summed E-state index contributed by atoms with van der Waals surface area (Å²) < 4.78 is 10.6. The molecular formula is C14H20N2O3. The molecule has 1 aromatic rings. The number of benzene rings is 1. The van der Waals surface area contributed by atoms with Crippen LogP contribution in [0, 0.1) is 0 Å². The summed E-state index contributed by atoms with van der Waals surface area (Å²) in [7, 11) is 3.28. The van der Waals surface area contributed by atoms with Gasteiger partial charge in [0.2, 0.25) is 0 Å². The van der Waals surface area contributed by atoms with Crippen LogP contribution in [0.3, 0.4) is 0 Å². The van der Waals surface area contributed by atoms with Crippen LogP contribution in [0.2, 0.25) is 0 Å². The number of likely N-dealkylation sites (tertiary alicyclic amines) is 1. The van der Waals surface area contributed by atoms with Gasteiger partial charge in [0, 0.05) is 20.8 Å². The van der Waals surface area contributed by atoms with Gasteiger partial charge in [-0.1, -0.05) is 30.3 Å². The highest BCUT2D eigenvalue weighted by atomic mass is 16.5. The predicted molar refractivity (Wildman–Crippen MR) is 71.8 cm³/mol. The van der Waals surface area contributed by atoms with Crippen molar-refractivity contribution in [2.45, 2.75) is 18.8 Å². The number of hydrogen-bond donors (Lipinski definition) is 1. The smallest absolute Gasteiger partial charge is 0.317 e. The van der Waals surface area contributed by atoms with Gasteiger partial charge in [-0.3, -0.25) is 0 Å². The molecule has 1 aliphatic rings. The van der Waals surface area contributed by atoms with E-state index < -0.39 is 0 Å². The van der Waals surface area contributed by atoms with Gasteiger partial charge in [-0.05, 0) is 5.56 Å². The van der Waals surface area contributed by atoms with Gasteiger partial charge in [-0.15, -0.1) is 0 Å². The third kappa shape index (κ3) is 3.45. The van der Waals surface area contributed by atoms with Gasteiger partial charge < -0.3 is 19.7 Å². The molecule has 1 aliphatic heterocycles. The van der Waals surface area contributed by atoms with Gasteiger partial charge in [0.25, 0.3) is 0 Å². The number of methoxy groups -OCH3 is 2. The molecule has 2 atom stereocenters. The Bertz CT molecular complexity index is 398. The first-order valence-electron chi connectivity index (χ1n) is 6.37. The van der Waals surface area contributed by atoms with E-state index in [1.54, 1.807) is 19.1 Å². The Kier molecular flexibility index (Phi) is 4.76. The van der Waals surface area contributed by atoms with Crippen LogP contribution in [0.4, 0.5) is 4.79 Å². The Hall–Kier alpha value is -1.59. The predicted octanol–water partition coefficient (Wildman–Crippen LogP) is 1.24. The first kappa shape index (κ1) is 13.8. The molecule has 0 bridgehead atoms. The number of carbonyl (C=O) groups is 1. The van der Waals surface area contributed by atoms with Crippen LogP contribution in [0.5, 0.6) is 0 Å². The maximum atomic E-state index is 12.0. The average Bonchev–Trinajstić information content (AvgIpc) is 2.89. The van der Waals surface area contributed by atoms with Gasteiger partial charge in [-0.2, -0.15) is 0 Å². The average molecular weight is 264 g/mol. The fraction of sp³-hybridized carbons (Fsp3) is 0.500. The zero-order valence-electron chi connectivity index (χ0n) is 11.3. The van der Waals surface area contributed by atoms with E-state index in [0.717, 1.165) is 5.56 Å². The molecule has 0 spiro atoms. The van der Waals surface area contributed by atoms with Gasteiger partial charge >= 0.3 is 6.03 Å². The maximum Gasteiger partial charge on any atom is 0.317 e. The number of amides is 2. The molecule has 19 heavy (non-hydrogen) atoms. The van der Waals surface area contributed by atoms with Crippen molar-refractivity contribution in [1.82, 2.24) is 10.2 Å². The lowest BCUT2D eigenvalue weighted by Crippen LogP contribution is -2.38. The van der Waals surface area contributed by atoms with Crippen LogP contribution in [0.1, 0.15) is 5.56 Å². The zero-order chi connectivity index (χ0) is 13.7. The summed E-state index contributed by atoms with van der Waals surface area (Å²) in [5.74, 6) is 0. The van der Waals surface area contributed by atoms with Gasteiger partial charge in [0.15, 0.2) is 0 Å². The number of urea groups is 1. The van der Waals surface area contributed by atoms with Crippen LogP contribution in [0.25, 0.3) is 0 Å². The maximum absolute atomic E-state index is 12.0. The standard InChI is InChI=1S/C14H20N2O3/c1-18-12-9-16(10-13(12)19-2)14(17)15-8-11-6-4-3-5-7-11/h3-7,12-13H,8-10H2,1-2H3,(H,15,17). The molecule has 0 aromatic heterocycles. The Labute approximate surface area is 113 Å². The number of hydrogen-bond acceptors (Lipinski definition) is 3. The van der Waals surface area contributed by atoms with Crippen LogP contribution in [0.15, 0.2) is 30.3 Å². The normalized spacial score (nSPS) is 22.5. The molecule has 2 amide bonds. The van der Waals surface area contributed by atoms with Crippen molar-refractivity contribution in [3.05, 3.63) is 35.9 Å². The second-order valence-electron chi connectivity index (χ2n) is 4.60. The molecule has 1 heterocycles. The molecule has 1 aromatic carbocycles. The minimum atomic E-state index is -0.0783. The highest BCUT2D eigenvalue weighted by molar-refractivity contribution is 5.74. The van der Waals surface area contributed by atoms with Crippen LogP contribution in [-0.2, 0) is 16.0 Å². The third-order valence-electron chi connectivity index (χ3n) is 3.39. The van der Waals surface area contributed by atoms with Crippen molar-refractivity contribution < 1.29 is 14.3 Å². The number of nitrogens with one attached hydrogen (secondary N) is 1. The van der Waals surface area contributed by atoms with Crippen molar-refractivity contribution in [2.24, 2.45) is 0 Å². The molecule has 2 unspecified atom stereocenters. The van der Waals surface area contributed by atoms with Crippen LogP contribution >= 0.6 is 0 Å². The van der Waals surface area contributed by atoms with Gasteiger partial charge in [0.1, 0.15) is 12.2 Å². The van der Waals surface area contributed by atoms with Crippen molar-refractivity contribution in [3.63, 3.8) is 0 Å². The summed E-state index contributed by atoms with van der Waals surface area (Å²) in [6.07, 6.45) is -0.0973. The summed E-state index contributed by atoms with van der Waals surface area (Å²) in [5.41, 5.74) is 1.08. The molecule has 1 saturated heterocycles. The summed E-state index contributed by atoms with van der Waals surface area (Å²) in [6.45, 7) is 1.66. The molecule has 104 valence electrons. The lowest BCUT2D eigenvalue weighted by molar-refractivity contribution is -0.00461. The SMILES string of the molecule is COC1CN(C(=O)NCc2ccccc2)CC1OC. The molecule has 0 saturated carbocycles. The zero-order valence-corrected chi connectivity index (χ0v) is 11.3. The van der Waals surface area contributed by atoms with Gasteiger partial charge in [0.05, 0.1) is 13.1 Å². The quantitative estimate of drug-likeness (QED) is 0.890. The minimum Gasteiger partial charge on any atom is -0.377 e. The monoisotopic (exact) mass is 264 g/mol. The molecule has 5 heteroatoms. The molecule has 1 fully saturated rings. The minimum absolute atomic E-state index is 0.0486. The highest BCUT2D eigenvalue weighted by Crippen LogP contribution is 2.15. The number of ether oxygens (including phenoxy) is 2. The molecule has 2 rings (SSSR count). The first-order valence-corrected chi connectivity index (χ1v) is 6.37. The van der Waals surface area contributed by atoms with E-state index in [1.807, 2.05) is 30.3 Å². The van der Waals surface area contributed by atoms with Crippen molar-refractivity contribution in [2.75, 3.05) is 27.3 Å². The molecule has 5 nitrogen and oxygen atoms in total. The Morgan fingerprint density at radius 2 is 1.79 bits per heavy atom. The van der Waals surface area contributed by atoms with Crippen LogP contribution in [-0.4, -0.2) is 50.4 Å².